The fourth-order valence-corrected chi connectivity index (χ4v) is 5.46. The van der Waals surface area contributed by atoms with Crippen LogP contribution in [-0.4, -0.2) is 58.5 Å². The number of carbonyl (C=O) groups excluding carboxylic acids is 3. The van der Waals surface area contributed by atoms with E-state index < -0.39 is 16.1 Å². The van der Waals surface area contributed by atoms with Gasteiger partial charge in [0.1, 0.15) is 13.2 Å². The van der Waals surface area contributed by atoms with Crippen molar-refractivity contribution in [2.24, 2.45) is 0 Å². The average molecular weight is 590 g/mol. The molecular weight excluding hydrogens is 566 g/mol. The molecular formula is C25H24BrN3O7S. The van der Waals surface area contributed by atoms with Crippen molar-refractivity contribution in [2.45, 2.75) is 25.9 Å². The number of amides is 3. The molecule has 0 bridgehead atoms. The number of nitro groups is 1. The topological polar surface area (TPSA) is 119 Å². The number of nitro benzene ring substituents is 1. The minimum atomic E-state index is -0.513. The van der Waals surface area contributed by atoms with Crippen LogP contribution in [0.25, 0.3) is 6.08 Å². The second kappa shape index (κ2) is 11.8. The molecule has 3 amide bonds. The lowest BCUT2D eigenvalue weighted by molar-refractivity contribution is -0.384. The SMILES string of the molecule is COc1cc(/C=C2\SC(=O)N(CC(=O)N3CCCCC3)C2=O)cc(Br)c1OCc1cccc([N+](=O)[O-])c1. The maximum atomic E-state index is 12.9. The number of halogens is 1. The normalized spacial score (nSPS) is 16.9. The number of methoxy groups -OCH3 is 1. The van der Waals surface area contributed by atoms with Crippen LogP contribution in [0.2, 0.25) is 0 Å². The van der Waals surface area contributed by atoms with Crippen molar-refractivity contribution >= 4 is 56.5 Å². The quantitative estimate of drug-likeness (QED) is 0.240. The molecule has 0 unspecified atom stereocenters. The number of ether oxygens (including phenoxy) is 2. The Morgan fingerprint density at radius 2 is 1.95 bits per heavy atom. The van der Waals surface area contributed by atoms with Crippen molar-refractivity contribution in [3.63, 3.8) is 0 Å². The summed E-state index contributed by atoms with van der Waals surface area (Å²) in [6.07, 6.45) is 4.49. The van der Waals surface area contributed by atoms with Gasteiger partial charge in [-0.05, 0) is 76.3 Å². The summed E-state index contributed by atoms with van der Waals surface area (Å²) in [5.41, 5.74) is 1.16. The van der Waals surface area contributed by atoms with Gasteiger partial charge in [-0.15, -0.1) is 0 Å². The maximum absolute atomic E-state index is 12.9. The Kier molecular flexibility index (Phi) is 8.49. The standard InChI is InChI=1S/C25H24BrN3O7S/c1-35-20-12-17(11-19(26)23(20)36-15-16-6-5-7-18(10-16)29(33)34)13-21-24(31)28(25(32)37-21)14-22(30)27-8-3-2-4-9-27/h5-7,10-13H,2-4,8-9,14-15H2,1H3/b21-13-. The van der Waals surface area contributed by atoms with Crippen LogP contribution in [0.3, 0.4) is 0 Å². The molecule has 0 saturated carbocycles. The van der Waals surface area contributed by atoms with Gasteiger partial charge in [0.25, 0.3) is 16.8 Å². The average Bonchev–Trinajstić information content (AvgIpc) is 3.15. The van der Waals surface area contributed by atoms with E-state index in [1.165, 1.54) is 19.2 Å². The van der Waals surface area contributed by atoms with Crippen molar-refractivity contribution in [1.29, 1.82) is 0 Å². The summed E-state index contributed by atoms with van der Waals surface area (Å²) in [7, 11) is 1.46. The highest BCUT2D eigenvalue weighted by Gasteiger charge is 2.37. The van der Waals surface area contributed by atoms with E-state index >= 15 is 0 Å². The van der Waals surface area contributed by atoms with Crippen LogP contribution in [0.5, 0.6) is 11.5 Å². The van der Waals surface area contributed by atoms with E-state index in [0.29, 0.717) is 40.2 Å². The highest BCUT2D eigenvalue weighted by molar-refractivity contribution is 9.10. The van der Waals surface area contributed by atoms with Gasteiger partial charge < -0.3 is 14.4 Å². The molecule has 2 aromatic carbocycles. The Labute approximate surface area is 225 Å². The van der Waals surface area contributed by atoms with Crippen molar-refractivity contribution < 1.29 is 28.8 Å². The first-order valence-corrected chi connectivity index (χ1v) is 13.1. The minimum Gasteiger partial charge on any atom is -0.493 e. The van der Waals surface area contributed by atoms with Crippen LogP contribution in [0, 0.1) is 10.1 Å². The number of likely N-dealkylation sites (tertiary alicyclic amines) is 1. The van der Waals surface area contributed by atoms with Gasteiger partial charge in [-0.3, -0.25) is 29.4 Å². The van der Waals surface area contributed by atoms with Crippen LogP contribution in [-0.2, 0) is 16.2 Å². The predicted octanol–water partition coefficient (Wildman–Crippen LogP) is 4.99. The smallest absolute Gasteiger partial charge is 0.294 e. The molecule has 2 aromatic rings. The summed E-state index contributed by atoms with van der Waals surface area (Å²) < 4.78 is 11.9. The number of imide groups is 1. The molecule has 2 aliphatic rings. The summed E-state index contributed by atoms with van der Waals surface area (Å²) in [4.78, 5) is 51.4. The summed E-state index contributed by atoms with van der Waals surface area (Å²) in [5, 5.41) is 10.5. The predicted molar refractivity (Wildman–Crippen MR) is 141 cm³/mol. The third-order valence-corrected chi connectivity index (χ3v) is 7.43. The van der Waals surface area contributed by atoms with Crippen molar-refractivity contribution in [2.75, 3.05) is 26.7 Å². The first-order chi connectivity index (χ1) is 17.8. The number of benzene rings is 2. The molecule has 37 heavy (non-hydrogen) atoms. The molecule has 0 aliphatic carbocycles. The molecule has 2 heterocycles. The molecule has 0 N–H and O–H groups in total. The number of piperidine rings is 1. The van der Waals surface area contributed by atoms with Crippen LogP contribution < -0.4 is 9.47 Å². The van der Waals surface area contributed by atoms with Crippen molar-refractivity contribution in [3.8, 4) is 11.5 Å². The molecule has 0 atom stereocenters. The van der Waals surface area contributed by atoms with Crippen molar-refractivity contribution in [1.82, 2.24) is 9.80 Å². The molecule has 10 nitrogen and oxygen atoms in total. The molecule has 12 heteroatoms. The zero-order chi connectivity index (χ0) is 26.5. The van der Waals surface area contributed by atoms with Gasteiger partial charge in [-0.1, -0.05) is 12.1 Å². The first-order valence-electron chi connectivity index (χ1n) is 11.5. The highest BCUT2D eigenvalue weighted by atomic mass is 79.9. The van der Waals surface area contributed by atoms with E-state index in [-0.39, 0.29) is 29.7 Å². The molecule has 2 aliphatic heterocycles. The summed E-state index contributed by atoms with van der Waals surface area (Å²) in [5.74, 6) is 0.0105. The van der Waals surface area contributed by atoms with Gasteiger partial charge in [0.2, 0.25) is 5.91 Å². The van der Waals surface area contributed by atoms with E-state index in [1.807, 2.05) is 0 Å². The molecule has 0 aromatic heterocycles. The Morgan fingerprint density at radius 1 is 1.19 bits per heavy atom. The molecule has 2 saturated heterocycles. The van der Waals surface area contributed by atoms with Crippen molar-refractivity contribution in [3.05, 3.63) is 67.0 Å². The number of carbonyl (C=O) groups is 3. The van der Waals surface area contributed by atoms with E-state index in [1.54, 1.807) is 35.2 Å². The lowest BCUT2D eigenvalue weighted by Gasteiger charge is -2.27. The number of hydrogen-bond donors (Lipinski definition) is 0. The van der Waals surface area contributed by atoms with E-state index in [0.717, 1.165) is 35.9 Å². The Balaban J connectivity index is 1.48. The third kappa shape index (κ3) is 6.31. The minimum absolute atomic E-state index is 0.0333. The summed E-state index contributed by atoms with van der Waals surface area (Å²) in [6, 6.07) is 9.49. The van der Waals surface area contributed by atoms with Crippen LogP contribution in [0.4, 0.5) is 10.5 Å². The zero-order valence-corrected chi connectivity index (χ0v) is 22.4. The van der Waals surface area contributed by atoms with Gasteiger partial charge in [0, 0.05) is 25.2 Å². The molecule has 194 valence electrons. The monoisotopic (exact) mass is 589 g/mol. The lowest BCUT2D eigenvalue weighted by Crippen LogP contribution is -2.44. The maximum Gasteiger partial charge on any atom is 0.294 e. The number of thioether (sulfide) groups is 1. The number of nitrogens with zero attached hydrogens (tertiary/aromatic N) is 3. The largest absolute Gasteiger partial charge is 0.493 e. The molecule has 2 fully saturated rings. The van der Waals surface area contributed by atoms with E-state index in [4.69, 9.17) is 9.47 Å². The molecule has 4 rings (SSSR count). The lowest BCUT2D eigenvalue weighted by atomic mass is 10.1. The first kappa shape index (κ1) is 26.7. The third-order valence-electron chi connectivity index (χ3n) is 5.93. The summed E-state index contributed by atoms with van der Waals surface area (Å²) in [6.45, 7) is 1.10. The van der Waals surface area contributed by atoms with Crippen LogP contribution in [0.15, 0.2) is 45.8 Å². The highest BCUT2D eigenvalue weighted by Crippen LogP contribution is 2.39. The molecule has 0 radical (unpaired) electrons. The van der Waals surface area contributed by atoms with E-state index in [2.05, 4.69) is 15.9 Å². The number of rotatable bonds is 8. The van der Waals surface area contributed by atoms with Gasteiger partial charge in [-0.2, -0.15) is 0 Å². The summed E-state index contributed by atoms with van der Waals surface area (Å²) >= 11 is 4.24. The van der Waals surface area contributed by atoms with Gasteiger partial charge >= 0.3 is 0 Å². The van der Waals surface area contributed by atoms with E-state index in [9.17, 15) is 24.5 Å². The fraction of sp³-hybridized carbons (Fsp3) is 0.320. The zero-order valence-electron chi connectivity index (χ0n) is 20.0. The van der Waals surface area contributed by atoms with Crippen LogP contribution >= 0.6 is 27.7 Å². The second-order valence-electron chi connectivity index (χ2n) is 8.46. The van der Waals surface area contributed by atoms with Crippen LogP contribution in [0.1, 0.15) is 30.4 Å². The fourth-order valence-electron chi connectivity index (χ4n) is 4.04. The van der Waals surface area contributed by atoms with Gasteiger partial charge in [0.15, 0.2) is 11.5 Å². The molecule has 0 spiro atoms. The van der Waals surface area contributed by atoms with Gasteiger partial charge in [-0.25, -0.2) is 0 Å². The number of non-ortho nitro benzene ring substituents is 1. The number of hydrogen-bond acceptors (Lipinski definition) is 8. The Morgan fingerprint density at radius 3 is 2.65 bits per heavy atom. The Bertz CT molecular complexity index is 1280. The van der Waals surface area contributed by atoms with Gasteiger partial charge in [0.05, 0.1) is 21.4 Å². The second-order valence-corrected chi connectivity index (χ2v) is 10.3. The Hall–Kier alpha value is -3.38.